The molecule has 0 unspecified atom stereocenters. The second kappa shape index (κ2) is 3.15. The lowest BCUT2D eigenvalue weighted by Gasteiger charge is -2.06. The smallest absolute Gasteiger partial charge is 0.253 e. The molecule has 0 aliphatic heterocycles. The molecule has 1 rings (SSSR count). The molecule has 0 heterocycles. The SMILES string of the molecule is [NH]Cc1cccc(C(F)(F)F)c1. The standard InChI is InChI=1S/C8H7F3N/c9-8(10,11)7-3-1-2-6(4-7)5-12/h1-4,12H,5H2. The van der Waals surface area contributed by atoms with Crippen LogP contribution in [0.3, 0.4) is 0 Å². The molecular formula is C8H7F3N. The summed E-state index contributed by atoms with van der Waals surface area (Å²) < 4.78 is 36.1. The fourth-order valence-electron chi connectivity index (χ4n) is 0.858. The van der Waals surface area contributed by atoms with Gasteiger partial charge in [0.15, 0.2) is 0 Å². The summed E-state index contributed by atoms with van der Waals surface area (Å²) in [5, 5.41) is 0. The molecule has 0 aliphatic carbocycles. The molecule has 0 fully saturated rings. The van der Waals surface area contributed by atoms with E-state index < -0.39 is 11.7 Å². The molecule has 4 heteroatoms. The zero-order valence-corrected chi connectivity index (χ0v) is 6.15. The number of hydrogen-bond acceptors (Lipinski definition) is 0. The Bertz CT molecular complexity index is 267. The van der Waals surface area contributed by atoms with E-state index in [0.29, 0.717) is 5.56 Å². The molecule has 0 atom stereocenters. The monoisotopic (exact) mass is 174 g/mol. The van der Waals surface area contributed by atoms with Crippen LogP contribution in [0, 0.1) is 0 Å². The van der Waals surface area contributed by atoms with Crippen LogP contribution in [0.2, 0.25) is 0 Å². The van der Waals surface area contributed by atoms with Crippen LogP contribution in [-0.2, 0) is 12.7 Å². The van der Waals surface area contributed by atoms with Gasteiger partial charge in [-0.1, -0.05) is 18.2 Å². The molecule has 1 aromatic carbocycles. The Morgan fingerprint density at radius 1 is 1.25 bits per heavy atom. The van der Waals surface area contributed by atoms with E-state index in [1.807, 2.05) is 0 Å². The van der Waals surface area contributed by atoms with Gasteiger partial charge >= 0.3 is 6.18 Å². The van der Waals surface area contributed by atoms with Gasteiger partial charge in [0.25, 0.3) is 0 Å². The Hall–Kier alpha value is -1.03. The van der Waals surface area contributed by atoms with Gasteiger partial charge in [-0.2, -0.15) is 13.2 Å². The number of hydrogen-bond donors (Lipinski definition) is 0. The normalized spacial score (nSPS) is 11.7. The maximum Gasteiger partial charge on any atom is 0.416 e. The summed E-state index contributed by atoms with van der Waals surface area (Å²) in [6.07, 6.45) is -4.30. The summed E-state index contributed by atoms with van der Waals surface area (Å²) in [5.41, 5.74) is 6.57. The average Bonchev–Trinajstić information content (AvgIpc) is 2.03. The second-order valence-electron chi connectivity index (χ2n) is 2.37. The van der Waals surface area contributed by atoms with E-state index in [9.17, 15) is 13.2 Å². The molecule has 0 aromatic heterocycles. The van der Waals surface area contributed by atoms with Crippen molar-refractivity contribution in [1.29, 1.82) is 0 Å². The Morgan fingerprint density at radius 2 is 1.92 bits per heavy atom. The molecular weight excluding hydrogens is 167 g/mol. The molecule has 0 spiro atoms. The summed E-state index contributed by atoms with van der Waals surface area (Å²) in [7, 11) is 0. The summed E-state index contributed by atoms with van der Waals surface area (Å²) in [4.78, 5) is 0. The molecule has 12 heavy (non-hydrogen) atoms. The van der Waals surface area contributed by atoms with Crippen LogP contribution >= 0.6 is 0 Å². The van der Waals surface area contributed by atoms with E-state index in [4.69, 9.17) is 5.73 Å². The van der Waals surface area contributed by atoms with Crippen molar-refractivity contribution in [2.45, 2.75) is 12.7 Å². The Morgan fingerprint density at radius 3 is 2.42 bits per heavy atom. The van der Waals surface area contributed by atoms with Crippen molar-refractivity contribution < 1.29 is 13.2 Å². The van der Waals surface area contributed by atoms with Gasteiger partial charge in [0.1, 0.15) is 0 Å². The zero-order valence-electron chi connectivity index (χ0n) is 6.15. The van der Waals surface area contributed by atoms with Crippen LogP contribution in [-0.4, -0.2) is 0 Å². The molecule has 0 saturated carbocycles. The third kappa shape index (κ3) is 1.98. The molecule has 65 valence electrons. The molecule has 1 N–H and O–H groups in total. The van der Waals surface area contributed by atoms with E-state index >= 15 is 0 Å². The van der Waals surface area contributed by atoms with Crippen LogP contribution in [0.25, 0.3) is 0 Å². The molecule has 0 aliphatic rings. The number of alkyl halides is 3. The quantitative estimate of drug-likeness (QED) is 0.624. The first-order chi connectivity index (χ1) is 5.54. The minimum absolute atomic E-state index is 0.121. The van der Waals surface area contributed by atoms with Crippen LogP contribution in [0.1, 0.15) is 11.1 Å². The minimum atomic E-state index is -4.30. The van der Waals surface area contributed by atoms with Gasteiger partial charge in [-0.25, -0.2) is 0 Å². The highest BCUT2D eigenvalue weighted by molar-refractivity contribution is 5.25. The molecule has 1 aromatic rings. The lowest BCUT2D eigenvalue weighted by Crippen LogP contribution is -2.05. The number of halogens is 3. The van der Waals surface area contributed by atoms with Crippen LogP contribution in [0.5, 0.6) is 0 Å². The van der Waals surface area contributed by atoms with E-state index in [1.165, 1.54) is 12.1 Å². The van der Waals surface area contributed by atoms with Crippen molar-refractivity contribution in [2.24, 2.45) is 0 Å². The van der Waals surface area contributed by atoms with Gasteiger partial charge < -0.3 is 0 Å². The fourth-order valence-corrected chi connectivity index (χ4v) is 0.858. The van der Waals surface area contributed by atoms with Crippen LogP contribution < -0.4 is 5.73 Å². The maximum atomic E-state index is 12.0. The Balaban J connectivity index is 3.02. The van der Waals surface area contributed by atoms with Crippen LogP contribution in [0.15, 0.2) is 24.3 Å². The fraction of sp³-hybridized carbons (Fsp3) is 0.250. The molecule has 0 bridgehead atoms. The van der Waals surface area contributed by atoms with Gasteiger partial charge in [-0.05, 0) is 11.6 Å². The first-order valence-corrected chi connectivity index (χ1v) is 3.35. The van der Waals surface area contributed by atoms with E-state index in [1.54, 1.807) is 0 Å². The highest BCUT2D eigenvalue weighted by Crippen LogP contribution is 2.29. The van der Waals surface area contributed by atoms with E-state index in [0.717, 1.165) is 12.1 Å². The largest absolute Gasteiger partial charge is 0.416 e. The Kier molecular flexibility index (Phi) is 2.38. The van der Waals surface area contributed by atoms with Gasteiger partial charge in [-0.15, -0.1) is 0 Å². The lowest BCUT2D eigenvalue weighted by atomic mass is 10.1. The van der Waals surface area contributed by atoms with Crippen LogP contribution in [0.4, 0.5) is 13.2 Å². The van der Waals surface area contributed by atoms with Gasteiger partial charge in [0.2, 0.25) is 0 Å². The molecule has 0 saturated heterocycles. The average molecular weight is 174 g/mol. The number of rotatable bonds is 1. The van der Waals surface area contributed by atoms with Crippen molar-refractivity contribution in [1.82, 2.24) is 5.73 Å². The van der Waals surface area contributed by atoms with Crippen molar-refractivity contribution >= 4 is 0 Å². The molecule has 1 radical (unpaired) electrons. The highest BCUT2D eigenvalue weighted by atomic mass is 19.4. The highest BCUT2D eigenvalue weighted by Gasteiger charge is 2.30. The number of benzene rings is 1. The van der Waals surface area contributed by atoms with Gasteiger partial charge in [0.05, 0.1) is 5.56 Å². The van der Waals surface area contributed by atoms with E-state index in [2.05, 4.69) is 0 Å². The summed E-state index contributed by atoms with van der Waals surface area (Å²) in [6, 6.07) is 4.81. The van der Waals surface area contributed by atoms with Crippen molar-refractivity contribution in [3.8, 4) is 0 Å². The minimum Gasteiger partial charge on any atom is -0.253 e. The predicted octanol–water partition coefficient (Wildman–Crippen LogP) is 2.49. The zero-order chi connectivity index (χ0) is 9.19. The second-order valence-corrected chi connectivity index (χ2v) is 2.37. The lowest BCUT2D eigenvalue weighted by molar-refractivity contribution is -0.137. The summed E-state index contributed by atoms with van der Waals surface area (Å²) in [5.74, 6) is 0. The van der Waals surface area contributed by atoms with Crippen molar-refractivity contribution in [3.63, 3.8) is 0 Å². The first kappa shape index (κ1) is 9.06. The van der Waals surface area contributed by atoms with E-state index in [-0.39, 0.29) is 6.54 Å². The topological polar surface area (TPSA) is 23.8 Å². The predicted molar refractivity (Wildman–Crippen MR) is 38.2 cm³/mol. The molecule has 0 amide bonds. The van der Waals surface area contributed by atoms with Crippen molar-refractivity contribution in [2.75, 3.05) is 0 Å². The van der Waals surface area contributed by atoms with Gasteiger partial charge in [0, 0.05) is 6.54 Å². The summed E-state index contributed by atoms with van der Waals surface area (Å²) >= 11 is 0. The van der Waals surface area contributed by atoms with Crippen molar-refractivity contribution in [3.05, 3.63) is 35.4 Å². The maximum absolute atomic E-state index is 12.0. The Labute approximate surface area is 68.0 Å². The van der Waals surface area contributed by atoms with Gasteiger partial charge in [-0.3, -0.25) is 5.73 Å². The third-order valence-corrected chi connectivity index (χ3v) is 1.46. The summed E-state index contributed by atoms with van der Waals surface area (Å²) in [6.45, 7) is -0.121. The molecule has 1 nitrogen and oxygen atoms in total. The first-order valence-electron chi connectivity index (χ1n) is 3.35. The number of nitrogens with one attached hydrogen (secondary N) is 1. The third-order valence-electron chi connectivity index (χ3n) is 1.46.